The van der Waals surface area contributed by atoms with Gasteiger partial charge < -0.3 is 10.4 Å². The second-order valence-corrected chi connectivity index (χ2v) is 7.93. The maximum Gasteiger partial charge on any atom is 0.251 e. The first kappa shape index (κ1) is 19.7. The molecule has 2 N–H and O–H groups in total. The molecule has 29 heavy (non-hydrogen) atoms. The molecule has 6 heteroatoms. The zero-order valence-electron chi connectivity index (χ0n) is 15.9. The van der Waals surface area contributed by atoms with Crippen molar-refractivity contribution >= 4 is 28.3 Å². The lowest BCUT2D eigenvalue weighted by molar-refractivity contribution is 0.0909. The lowest BCUT2D eigenvalue weighted by atomic mass is 10.0. The maximum atomic E-state index is 13.3. The van der Waals surface area contributed by atoms with Crippen LogP contribution in [0.25, 0.3) is 10.8 Å². The Bertz CT molecular complexity index is 1050. The summed E-state index contributed by atoms with van der Waals surface area (Å²) in [7, 11) is 0. The SMILES string of the molecule is O=C(NC1CCN(Cc2ccc3cc(O)ccc3c2)CC1)c1ccc(F)c(Cl)c1. The molecule has 0 unspecified atom stereocenters. The van der Waals surface area contributed by atoms with E-state index in [-0.39, 0.29) is 22.7 Å². The molecule has 0 radical (unpaired) electrons. The third kappa shape index (κ3) is 4.69. The van der Waals surface area contributed by atoms with Crippen LogP contribution in [-0.4, -0.2) is 35.0 Å². The summed E-state index contributed by atoms with van der Waals surface area (Å²) in [6.07, 6.45) is 1.73. The van der Waals surface area contributed by atoms with E-state index in [1.807, 2.05) is 12.1 Å². The first-order valence-corrected chi connectivity index (χ1v) is 10.1. The van der Waals surface area contributed by atoms with Crippen molar-refractivity contribution in [2.45, 2.75) is 25.4 Å². The van der Waals surface area contributed by atoms with Crippen LogP contribution >= 0.6 is 11.6 Å². The molecule has 4 nitrogen and oxygen atoms in total. The molecule has 1 amide bonds. The number of nitrogens with one attached hydrogen (secondary N) is 1. The summed E-state index contributed by atoms with van der Waals surface area (Å²) < 4.78 is 13.3. The van der Waals surface area contributed by atoms with E-state index >= 15 is 0 Å². The highest BCUT2D eigenvalue weighted by Gasteiger charge is 2.21. The molecule has 0 bridgehead atoms. The summed E-state index contributed by atoms with van der Waals surface area (Å²) in [6, 6.07) is 15.8. The molecule has 0 aliphatic carbocycles. The Morgan fingerprint density at radius 1 is 1.07 bits per heavy atom. The summed E-state index contributed by atoms with van der Waals surface area (Å²) >= 11 is 5.77. The summed E-state index contributed by atoms with van der Waals surface area (Å²) in [6.45, 7) is 2.64. The summed E-state index contributed by atoms with van der Waals surface area (Å²) in [5.74, 6) is -0.470. The van der Waals surface area contributed by atoms with Crippen molar-refractivity contribution in [1.82, 2.24) is 10.2 Å². The van der Waals surface area contributed by atoms with E-state index in [4.69, 9.17) is 11.6 Å². The van der Waals surface area contributed by atoms with Crippen molar-refractivity contribution in [2.24, 2.45) is 0 Å². The minimum atomic E-state index is -0.526. The monoisotopic (exact) mass is 412 g/mol. The topological polar surface area (TPSA) is 52.6 Å². The van der Waals surface area contributed by atoms with E-state index in [1.54, 1.807) is 12.1 Å². The number of halogens is 2. The number of benzene rings is 3. The summed E-state index contributed by atoms with van der Waals surface area (Å²) in [5.41, 5.74) is 1.60. The number of phenolic OH excluding ortho intramolecular Hbond substituents is 1. The smallest absolute Gasteiger partial charge is 0.251 e. The Labute approximate surface area is 173 Å². The molecule has 150 valence electrons. The Morgan fingerprint density at radius 2 is 1.79 bits per heavy atom. The number of phenols is 1. The normalized spacial score (nSPS) is 15.5. The van der Waals surface area contributed by atoms with Crippen LogP contribution in [0.15, 0.2) is 54.6 Å². The van der Waals surface area contributed by atoms with Crippen LogP contribution in [0.2, 0.25) is 5.02 Å². The van der Waals surface area contributed by atoms with Crippen LogP contribution in [0.4, 0.5) is 4.39 Å². The Kier molecular flexibility index (Phi) is 5.69. The molecule has 1 fully saturated rings. The lowest BCUT2D eigenvalue weighted by Crippen LogP contribution is -2.44. The van der Waals surface area contributed by atoms with Crippen molar-refractivity contribution in [2.75, 3.05) is 13.1 Å². The minimum absolute atomic E-state index is 0.0435. The first-order chi connectivity index (χ1) is 14.0. The first-order valence-electron chi connectivity index (χ1n) is 9.68. The Morgan fingerprint density at radius 3 is 2.55 bits per heavy atom. The fourth-order valence-corrected chi connectivity index (χ4v) is 3.96. The van der Waals surface area contributed by atoms with Gasteiger partial charge in [-0.25, -0.2) is 4.39 Å². The highest BCUT2D eigenvalue weighted by atomic mass is 35.5. The number of rotatable bonds is 4. The zero-order valence-corrected chi connectivity index (χ0v) is 16.6. The predicted octanol–water partition coefficient (Wildman–Crippen LogP) is 4.73. The fourth-order valence-electron chi connectivity index (χ4n) is 3.78. The fraction of sp³-hybridized carbons (Fsp3) is 0.261. The number of hydrogen-bond donors (Lipinski definition) is 2. The molecule has 0 aromatic heterocycles. The second kappa shape index (κ2) is 8.39. The van der Waals surface area contributed by atoms with E-state index in [2.05, 4.69) is 22.3 Å². The summed E-state index contributed by atoms with van der Waals surface area (Å²) in [5, 5.41) is 14.7. The molecule has 1 aliphatic heterocycles. The Balaban J connectivity index is 1.31. The number of amides is 1. The molecule has 1 saturated heterocycles. The van der Waals surface area contributed by atoms with E-state index in [1.165, 1.54) is 23.8 Å². The lowest BCUT2D eigenvalue weighted by Gasteiger charge is -2.32. The van der Waals surface area contributed by atoms with Crippen LogP contribution in [0.5, 0.6) is 5.75 Å². The van der Waals surface area contributed by atoms with E-state index in [9.17, 15) is 14.3 Å². The van der Waals surface area contributed by atoms with Gasteiger partial charge in [-0.1, -0.05) is 29.8 Å². The zero-order chi connectivity index (χ0) is 20.4. The van der Waals surface area contributed by atoms with Gasteiger partial charge in [-0.15, -0.1) is 0 Å². The van der Waals surface area contributed by atoms with Crippen molar-refractivity contribution in [3.63, 3.8) is 0 Å². The number of nitrogens with zero attached hydrogens (tertiary/aromatic N) is 1. The summed E-state index contributed by atoms with van der Waals surface area (Å²) in [4.78, 5) is 14.7. The third-order valence-corrected chi connectivity index (χ3v) is 5.69. The molecule has 0 spiro atoms. The minimum Gasteiger partial charge on any atom is -0.508 e. The highest BCUT2D eigenvalue weighted by Crippen LogP contribution is 2.23. The van der Waals surface area contributed by atoms with Gasteiger partial charge in [-0.2, -0.15) is 0 Å². The van der Waals surface area contributed by atoms with Gasteiger partial charge in [0, 0.05) is 31.2 Å². The predicted molar refractivity (Wildman–Crippen MR) is 113 cm³/mol. The number of hydrogen-bond acceptors (Lipinski definition) is 3. The van der Waals surface area contributed by atoms with Crippen molar-refractivity contribution in [1.29, 1.82) is 0 Å². The van der Waals surface area contributed by atoms with Crippen molar-refractivity contribution in [3.8, 4) is 5.75 Å². The highest BCUT2D eigenvalue weighted by molar-refractivity contribution is 6.31. The molecular weight excluding hydrogens is 391 g/mol. The number of likely N-dealkylation sites (tertiary alicyclic amines) is 1. The van der Waals surface area contributed by atoms with Crippen LogP contribution in [-0.2, 0) is 6.54 Å². The standard InChI is InChI=1S/C23H22ClFN2O2/c24-21-13-18(4-6-22(21)25)23(29)26-19-7-9-27(10-8-19)14-15-1-2-17-12-20(28)5-3-16(17)11-15/h1-6,11-13,19,28H,7-10,14H2,(H,26,29). The van der Waals surface area contributed by atoms with Crippen LogP contribution in [0.1, 0.15) is 28.8 Å². The number of carbonyl (C=O) groups excluding carboxylic acids is 1. The van der Waals surface area contributed by atoms with Gasteiger partial charge in [-0.3, -0.25) is 9.69 Å². The number of fused-ring (bicyclic) bond motifs is 1. The van der Waals surface area contributed by atoms with Gasteiger partial charge in [0.15, 0.2) is 0 Å². The van der Waals surface area contributed by atoms with Crippen LogP contribution in [0, 0.1) is 5.82 Å². The molecule has 3 aromatic rings. The number of piperidine rings is 1. The molecule has 1 aliphatic rings. The van der Waals surface area contributed by atoms with Crippen molar-refractivity contribution in [3.05, 3.63) is 76.6 Å². The average molecular weight is 413 g/mol. The molecule has 1 heterocycles. The van der Waals surface area contributed by atoms with Crippen molar-refractivity contribution < 1.29 is 14.3 Å². The largest absolute Gasteiger partial charge is 0.508 e. The van der Waals surface area contributed by atoms with Gasteiger partial charge in [0.05, 0.1) is 5.02 Å². The van der Waals surface area contributed by atoms with E-state index in [0.717, 1.165) is 43.2 Å². The molecule has 0 atom stereocenters. The van der Waals surface area contributed by atoms with E-state index in [0.29, 0.717) is 5.56 Å². The van der Waals surface area contributed by atoms with Gasteiger partial charge >= 0.3 is 0 Å². The third-order valence-electron chi connectivity index (χ3n) is 5.40. The van der Waals surface area contributed by atoms with Gasteiger partial charge in [0.1, 0.15) is 11.6 Å². The molecule has 3 aromatic carbocycles. The quantitative estimate of drug-likeness (QED) is 0.651. The van der Waals surface area contributed by atoms with Crippen LogP contribution < -0.4 is 5.32 Å². The van der Waals surface area contributed by atoms with Gasteiger partial charge in [-0.05, 0) is 65.6 Å². The Hall–Kier alpha value is -2.63. The van der Waals surface area contributed by atoms with Crippen LogP contribution in [0.3, 0.4) is 0 Å². The number of carbonyl (C=O) groups is 1. The van der Waals surface area contributed by atoms with Gasteiger partial charge in [0.2, 0.25) is 0 Å². The molecular formula is C23H22ClFN2O2. The second-order valence-electron chi connectivity index (χ2n) is 7.52. The molecule has 4 rings (SSSR count). The van der Waals surface area contributed by atoms with Gasteiger partial charge in [0.25, 0.3) is 5.91 Å². The molecule has 0 saturated carbocycles. The maximum absolute atomic E-state index is 13.3. The van der Waals surface area contributed by atoms with E-state index < -0.39 is 5.82 Å². The average Bonchev–Trinajstić information content (AvgIpc) is 2.71. The number of aromatic hydroxyl groups is 1.